The molecule has 2 N–H and O–H groups in total. The van der Waals surface area contributed by atoms with Gasteiger partial charge in [-0.1, -0.05) is 11.6 Å². The highest BCUT2D eigenvalue weighted by Gasteiger charge is 2.34. The molecule has 0 saturated heterocycles. The second-order valence-corrected chi connectivity index (χ2v) is 6.94. The van der Waals surface area contributed by atoms with Gasteiger partial charge in [-0.3, -0.25) is 0 Å². The molecule has 15 heavy (non-hydrogen) atoms. The molecule has 0 radical (unpaired) electrons. The minimum Gasteiger partial charge on any atom is -0.329 e. The van der Waals surface area contributed by atoms with Crippen LogP contribution in [0.1, 0.15) is 13.8 Å². The normalized spacial score (nSPS) is 12.8. The van der Waals surface area contributed by atoms with Crippen LogP contribution in [0, 0.1) is 0 Å². The van der Waals surface area contributed by atoms with Crippen LogP contribution in [0.25, 0.3) is 0 Å². The topological polar surface area (TPSA) is 60.2 Å². The molecule has 0 bridgehead atoms. The number of sulfone groups is 1. The van der Waals surface area contributed by atoms with Gasteiger partial charge in [-0.25, -0.2) is 8.42 Å². The van der Waals surface area contributed by atoms with Gasteiger partial charge in [-0.15, -0.1) is 0 Å². The first-order valence-corrected chi connectivity index (χ1v) is 6.37. The molecular formula is C10H14ClNO2S. The Labute approximate surface area is 95.2 Å². The molecule has 0 amide bonds. The van der Waals surface area contributed by atoms with Gasteiger partial charge in [0.15, 0.2) is 9.84 Å². The maximum atomic E-state index is 12.1. The van der Waals surface area contributed by atoms with Gasteiger partial charge in [0, 0.05) is 11.6 Å². The van der Waals surface area contributed by atoms with Gasteiger partial charge in [0.2, 0.25) is 0 Å². The van der Waals surface area contributed by atoms with E-state index in [0.717, 1.165) is 0 Å². The average Bonchev–Trinajstić information content (AvgIpc) is 2.18. The lowest BCUT2D eigenvalue weighted by Gasteiger charge is -2.22. The van der Waals surface area contributed by atoms with Crippen molar-refractivity contribution in [1.82, 2.24) is 0 Å². The third-order valence-corrected chi connectivity index (χ3v) is 5.11. The van der Waals surface area contributed by atoms with Crippen LogP contribution in [0.3, 0.4) is 0 Å². The minimum absolute atomic E-state index is 0.0813. The fourth-order valence-corrected chi connectivity index (χ4v) is 2.52. The van der Waals surface area contributed by atoms with Gasteiger partial charge in [-0.2, -0.15) is 0 Å². The minimum atomic E-state index is -3.39. The van der Waals surface area contributed by atoms with Crippen molar-refractivity contribution in [2.24, 2.45) is 5.73 Å². The van der Waals surface area contributed by atoms with Crippen molar-refractivity contribution in [3.05, 3.63) is 29.3 Å². The maximum absolute atomic E-state index is 12.1. The van der Waals surface area contributed by atoms with Crippen molar-refractivity contribution in [3.8, 4) is 0 Å². The lowest BCUT2D eigenvalue weighted by atomic mass is 10.2. The Hall–Kier alpha value is -0.580. The molecule has 0 aliphatic heterocycles. The Morgan fingerprint density at radius 2 is 1.73 bits per heavy atom. The van der Waals surface area contributed by atoms with Crippen molar-refractivity contribution >= 4 is 21.4 Å². The highest BCUT2D eigenvalue weighted by atomic mass is 35.5. The number of hydrogen-bond donors (Lipinski definition) is 1. The van der Waals surface area contributed by atoms with E-state index in [1.165, 1.54) is 12.1 Å². The zero-order valence-electron chi connectivity index (χ0n) is 8.70. The summed E-state index contributed by atoms with van der Waals surface area (Å²) in [4.78, 5) is 0.252. The van der Waals surface area contributed by atoms with E-state index < -0.39 is 14.6 Å². The van der Waals surface area contributed by atoms with E-state index in [2.05, 4.69) is 0 Å². The highest BCUT2D eigenvalue weighted by molar-refractivity contribution is 7.92. The van der Waals surface area contributed by atoms with Crippen LogP contribution in [0.5, 0.6) is 0 Å². The molecule has 1 rings (SSSR count). The van der Waals surface area contributed by atoms with Crippen LogP contribution >= 0.6 is 11.6 Å². The van der Waals surface area contributed by atoms with Gasteiger partial charge < -0.3 is 5.73 Å². The zero-order chi connectivity index (χ0) is 11.7. The molecule has 0 aromatic heterocycles. The number of hydrogen-bond acceptors (Lipinski definition) is 3. The molecule has 5 heteroatoms. The predicted molar refractivity (Wildman–Crippen MR) is 61.8 cm³/mol. The third-order valence-electron chi connectivity index (χ3n) is 2.34. The summed E-state index contributed by atoms with van der Waals surface area (Å²) in [6, 6.07) is 6.10. The van der Waals surface area contributed by atoms with E-state index in [1.807, 2.05) is 0 Å². The first-order valence-electron chi connectivity index (χ1n) is 4.51. The molecule has 1 aromatic carbocycles. The Kier molecular flexibility index (Phi) is 3.43. The van der Waals surface area contributed by atoms with Gasteiger partial charge >= 0.3 is 0 Å². The van der Waals surface area contributed by atoms with Crippen molar-refractivity contribution in [3.63, 3.8) is 0 Å². The average molecular weight is 248 g/mol. The van der Waals surface area contributed by atoms with E-state index >= 15 is 0 Å². The fraction of sp³-hybridized carbons (Fsp3) is 0.400. The largest absolute Gasteiger partial charge is 0.329 e. The van der Waals surface area contributed by atoms with Crippen molar-refractivity contribution < 1.29 is 8.42 Å². The molecule has 0 aliphatic carbocycles. The first kappa shape index (κ1) is 12.5. The molecule has 0 unspecified atom stereocenters. The number of halogens is 1. The van der Waals surface area contributed by atoms with E-state index in [0.29, 0.717) is 5.02 Å². The summed E-state index contributed by atoms with van der Waals surface area (Å²) in [6.07, 6.45) is 0. The monoisotopic (exact) mass is 247 g/mol. The molecule has 0 fully saturated rings. The van der Waals surface area contributed by atoms with Crippen LogP contribution in [0.4, 0.5) is 0 Å². The van der Waals surface area contributed by atoms with E-state index in [4.69, 9.17) is 17.3 Å². The van der Waals surface area contributed by atoms with E-state index in [9.17, 15) is 8.42 Å². The lowest BCUT2D eigenvalue weighted by Crippen LogP contribution is -2.39. The number of benzene rings is 1. The summed E-state index contributed by atoms with van der Waals surface area (Å²) in [7, 11) is -3.39. The summed E-state index contributed by atoms with van der Waals surface area (Å²) < 4.78 is 23.2. The van der Waals surface area contributed by atoms with E-state index in [-0.39, 0.29) is 11.4 Å². The molecule has 0 heterocycles. The Balaban J connectivity index is 3.24. The van der Waals surface area contributed by atoms with Crippen molar-refractivity contribution in [2.45, 2.75) is 23.5 Å². The van der Waals surface area contributed by atoms with Crippen LogP contribution in [-0.4, -0.2) is 19.7 Å². The van der Waals surface area contributed by atoms with Gasteiger partial charge in [0.25, 0.3) is 0 Å². The first-order chi connectivity index (χ1) is 6.81. The summed E-state index contributed by atoms with van der Waals surface area (Å²) in [6.45, 7) is 3.30. The quantitative estimate of drug-likeness (QED) is 0.887. The molecule has 0 aliphatic rings. The second-order valence-electron chi connectivity index (χ2n) is 3.92. The van der Waals surface area contributed by atoms with Gasteiger partial charge in [-0.05, 0) is 38.1 Å². The molecule has 0 spiro atoms. The zero-order valence-corrected chi connectivity index (χ0v) is 10.3. The van der Waals surface area contributed by atoms with Crippen LogP contribution < -0.4 is 5.73 Å². The lowest BCUT2D eigenvalue weighted by molar-refractivity contribution is 0.549. The molecule has 0 saturated carbocycles. The van der Waals surface area contributed by atoms with E-state index in [1.54, 1.807) is 26.0 Å². The SMILES string of the molecule is CC(C)(CN)S(=O)(=O)c1ccc(Cl)cc1. The molecular weight excluding hydrogens is 234 g/mol. The van der Waals surface area contributed by atoms with Gasteiger partial charge in [0.05, 0.1) is 9.64 Å². The predicted octanol–water partition coefficient (Wildman–Crippen LogP) is 1.85. The molecule has 84 valence electrons. The molecule has 3 nitrogen and oxygen atoms in total. The number of rotatable bonds is 3. The smallest absolute Gasteiger partial charge is 0.184 e. The van der Waals surface area contributed by atoms with Crippen LogP contribution in [0.2, 0.25) is 5.02 Å². The summed E-state index contributed by atoms with van der Waals surface area (Å²) in [5, 5.41) is 0.513. The summed E-state index contributed by atoms with van der Waals surface area (Å²) in [5.74, 6) is 0. The Morgan fingerprint density at radius 3 is 2.13 bits per heavy atom. The Morgan fingerprint density at radius 1 is 1.27 bits per heavy atom. The second kappa shape index (κ2) is 4.12. The maximum Gasteiger partial charge on any atom is 0.184 e. The van der Waals surface area contributed by atoms with Gasteiger partial charge in [0.1, 0.15) is 0 Å². The number of nitrogens with two attached hydrogens (primary N) is 1. The highest BCUT2D eigenvalue weighted by Crippen LogP contribution is 2.25. The Bertz CT molecular complexity index is 437. The molecule has 1 aromatic rings. The fourth-order valence-electron chi connectivity index (χ4n) is 1.04. The van der Waals surface area contributed by atoms with Crippen LogP contribution in [-0.2, 0) is 9.84 Å². The van der Waals surface area contributed by atoms with Crippen molar-refractivity contribution in [2.75, 3.05) is 6.54 Å². The summed E-state index contributed by atoms with van der Waals surface area (Å²) >= 11 is 5.69. The third kappa shape index (κ3) is 2.33. The van der Waals surface area contributed by atoms with Crippen molar-refractivity contribution in [1.29, 1.82) is 0 Å². The summed E-state index contributed by atoms with van der Waals surface area (Å²) in [5.41, 5.74) is 5.45. The molecule has 0 atom stereocenters. The van der Waals surface area contributed by atoms with Crippen LogP contribution in [0.15, 0.2) is 29.2 Å². The standard InChI is InChI=1S/C10H14ClNO2S/c1-10(2,7-12)15(13,14)9-5-3-8(11)4-6-9/h3-6H,7,12H2,1-2H3.